The molecular weight excluding hydrogens is 439 g/mol. The van der Waals surface area contributed by atoms with Gasteiger partial charge in [-0.3, -0.25) is 9.59 Å². The first kappa shape index (κ1) is 21.7. The Morgan fingerprint density at radius 2 is 2.06 bits per heavy atom. The standard InChI is InChI=1S/C24H23FN6O3/c1-2-20(32)30-9-8-15(12-30)31-22(26)21(23(27)33)17(29-31)7-6-14-10-18-19(11-16(14)25)34-24(28-18)13-4-3-5-13/h2,10-11,13,15H,1,3-5,8-9,12,26H2,(H2,27,33)/t15-/m0/s1. The van der Waals surface area contributed by atoms with E-state index in [0.29, 0.717) is 36.5 Å². The Hall–Kier alpha value is -4.13. The fourth-order valence-corrected chi connectivity index (χ4v) is 4.35. The summed E-state index contributed by atoms with van der Waals surface area (Å²) in [6, 6.07) is 2.54. The quantitative estimate of drug-likeness (QED) is 0.452. The number of benzene rings is 1. The molecule has 1 saturated heterocycles. The number of aromatic nitrogens is 3. The molecule has 0 unspecified atom stereocenters. The number of halogens is 1. The Bertz CT molecular complexity index is 1390. The summed E-state index contributed by atoms with van der Waals surface area (Å²) >= 11 is 0. The van der Waals surface area contributed by atoms with Gasteiger partial charge in [0.1, 0.15) is 22.7 Å². The van der Waals surface area contributed by atoms with E-state index >= 15 is 0 Å². The van der Waals surface area contributed by atoms with Gasteiger partial charge in [-0.2, -0.15) is 5.10 Å². The van der Waals surface area contributed by atoms with Crippen LogP contribution in [-0.2, 0) is 4.79 Å². The molecule has 9 nitrogen and oxygen atoms in total. The van der Waals surface area contributed by atoms with Gasteiger partial charge in [-0.25, -0.2) is 14.1 Å². The van der Waals surface area contributed by atoms with Crippen molar-refractivity contribution in [1.82, 2.24) is 19.7 Å². The number of amides is 2. The number of rotatable bonds is 4. The molecule has 0 spiro atoms. The molecule has 3 aromatic rings. The third-order valence-corrected chi connectivity index (χ3v) is 6.45. The van der Waals surface area contributed by atoms with E-state index < -0.39 is 11.7 Å². The van der Waals surface area contributed by atoms with E-state index in [-0.39, 0.29) is 40.5 Å². The Kier molecular flexibility index (Phi) is 5.32. The van der Waals surface area contributed by atoms with Crippen molar-refractivity contribution < 1.29 is 18.4 Å². The zero-order chi connectivity index (χ0) is 24.0. The molecule has 1 atom stereocenters. The number of oxazole rings is 1. The second-order valence-electron chi connectivity index (χ2n) is 8.58. The Morgan fingerprint density at radius 1 is 1.26 bits per heavy atom. The van der Waals surface area contributed by atoms with Crippen LogP contribution in [0, 0.1) is 17.7 Å². The number of likely N-dealkylation sites (tertiary alicyclic amines) is 1. The van der Waals surface area contributed by atoms with E-state index in [0.717, 1.165) is 19.3 Å². The van der Waals surface area contributed by atoms with Crippen molar-refractivity contribution in [3.8, 4) is 11.8 Å². The highest BCUT2D eigenvalue weighted by molar-refractivity contribution is 5.99. The summed E-state index contributed by atoms with van der Waals surface area (Å²) in [4.78, 5) is 30.1. The minimum atomic E-state index is -0.789. The maximum Gasteiger partial charge on any atom is 0.255 e. The summed E-state index contributed by atoms with van der Waals surface area (Å²) in [7, 11) is 0. The van der Waals surface area contributed by atoms with E-state index in [4.69, 9.17) is 15.9 Å². The van der Waals surface area contributed by atoms with Gasteiger partial charge >= 0.3 is 0 Å². The predicted molar refractivity (Wildman–Crippen MR) is 122 cm³/mol. The first-order chi connectivity index (χ1) is 16.4. The van der Waals surface area contributed by atoms with Gasteiger partial charge in [0.2, 0.25) is 5.91 Å². The van der Waals surface area contributed by atoms with Crippen LogP contribution in [0.1, 0.15) is 65.1 Å². The smallest absolute Gasteiger partial charge is 0.255 e. The normalized spacial score (nSPS) is 17.9. The SMILES string of the molecule is C=CC(=O)N1CC[C@H](n2nc(C#Cc3cc4nc(C5CCC5)oc4cc3F)c(C(N)=O)c2N)C1. The van der Waals surface area contributed by atoms with Crippen molar-refractivity contribution >= 4 is 28.7 Å². The number of carbonyl (C=O) groups is 2. The number of fused-ring (bicyclic) bond motifs is 1. The molecule has 1 aromatic carbocycles. The highest BCUT2D eigenvalue weighted by atomic mass is 19.1. The lowest BCUT2D eigenvalue weighted by Crippen LogP contribution is -2.27. The number of primary amides is 1. The number of hydrogen-bond acceptors (Lipinski definition) is 6. The molecule has 1 saturated carbocycles. The lowest BCUT2D eigenvalue weighted by atomic mass is 9.85. The molecule has 1 aliphatic carbocycles. The Labute approximate surface area is 194 Å². The van der Waals surface area contributed by atoms with Crippen LogP contribution >= 0.6 is 0 Å². The molecule has 1 aliphatic heterocycles. The van der Waals surface area contributed by atoms with E-state index in [1.807, 2.05) is 0 Å². The summed E-state index contributed by atoms with van der Waals surface area (Å²) in [5, 5.41) is 4.38. The average molecular weight is 462 g/mol. The zero-order valence-corrected chi connectivity index (χ0v) is 18.4. The second kappa shape index (κ2) is 8.33. The summed E-state index contributed by atoms with van der Waals surface area (Å²) in [6.07, 6.45) is 5.01. The van der Waals surface area contributed by atoms with Gasteiger partial charge in [0.05, 0.1) is 11.6 Å². The summed E-state index contributed by atoms with van der Waals surface area (Å²) in [6.45, 7) is 4.37. The predicted octanol–water partition coefficient (Wildman–Crippen LogP) is 2.47. The molecule has 4 N–H and O–H groups in total. The van der Waals surface area contributed by atoms with Crippen molar-refractivity contribution in [2.45, 2.75) is 37.6 Å². The lowest BCUT2D eigenvalue weighted by Gasteiger charge is -2.21. The van der Waals surface area contributed by atoms with Crippen LogP contribution in [0.5, 0.6) is 0 Å². The largest absolute Gasteiger partial charge is 0.440 e. The van der Waals surface area contributed by atoms with Crippen molar-refractivity contribution in [2.24, 2.45) is 5.73 Å². The fraction of sp³-hybridized carbons (Fsp3) is 0.333. The summed E-state index contributed by atoms with van der Waals surface area (Å²) in [5.74, 6) is 4.88. The molecule has 2 fully saturated rings. The number of nitrogen functional groups attached to an aromatic ring is 1. The third-order valence-electron chi connectivity index (χ3n) is 6.45. The molecule has 174 valence electrons. The number of anilines is 1. The van der Waals surface area contributed by atoms with Crippen molar-refractivity contribution in [3.63, 3.8) is 0 Å². The van der Waals surface area contributed by atoms with Crippen LogP contribution in [0.3, 0.4) is 0 Å². The Morgan fingerprint density at radius 3 is 2.74 bits per heavy atom. The van der Waals surface area contributed by atoms with Gasteiger partial charge in [0.15, 0.2) is 17.2 Å². The van der Waals surface area contributed by atoms with Crippen LogP contribution in [0.4, 0.5) is 10.2 Å². The van der Waals surface area contributed by atoms with Gasteiger partial charge in [-0.1, -0.05) is 18.9 Å². The number of carbonyl (C=O) groups excluding carboxylic acids is 2. The second-order valence-corrected chi connectivity index (χ2v) is 8.58. The third kappa shape index (κ3) is 3.69. The minimum absolute atomic E-state index is 0.0313. The van der Waals surface area contributed by atoms with Crippen molar-refractivity contribution in [3.05, 3.63) is 53.3 Å². The average Bonchev–Trinajstić information content (AvgIpc) is 3.47. The monoisotopic (exact) mass is 462 g/mol. The maximum absolute atomic E-state index is 14.7. The van der Waals surface area contributed by atoms with Crippen LogP contribution in [0.15, 0.2) is 29.2 Å². The number of nitrogens with zero attached hydrogens (tertiary/aromatic N) is 4. The highest BCUT2D eigenvalue weighted by Crippen LogP contribution is 2.37. The Balaban J connectivity index is 1.47. The first-order valence-electron chi connectivity index (χ1n) is 11.1. The van der Waals surface area contributed by atoms with E-state index in [1.165, 1.54) is 22.9 Å². The van der Waals surface area contributed by atoms with Crippen molar-refractivity contribution in [2.75, 3.05) is 18.8 Å². The zero-order valence-electron chi connectivity index (χ0n) is 18.4. The molecule has 34 heavy (non-hydrogen) atoms. The van der Waals surface area contributed by atoms with Gasteiger partial charge in [0.25, 0.3) is 5.91 Å². The molecule has 2 amide bonds. The summed E-state index contributed by atoms with van der Waals surface area (Å²) < 4.78 is 21.9. The first-order valence-corrected chi connectivity index (χ1v) is 11.1. The van der Waals surface area contributed by atoms with Crippen LogP contribution in [0.2, 0.25) is 0 Å². The molecule has 0 radical (unpaired) electrons. The molecule has 3 heterocycles. The van der Waals surface area contributed by atoms with Crippen LogP contribution in [-0.4, -0.2) is 44.6 Å². The molecule has 2 aromatic heterocycles. The fourth-order valence-electron chi connectivity index (χ4n) is 4.35. The van der Waals surface area contributed by atoms with Crippen LogP contribution < -0.4 is 11.5 Å². The van der Waals surface area contributed by atoms with Gasteiger partial charge in [0, 0.05) is 25.1 Å². The van der Waals surface area contributed by atoms with Crippen LogP contribution in [0.25, 0.3) is 11.1 Å². The summed E-state index contributed by atoms with van der Waals surface area (Å²) in [5.41, 5.74) is 12.7. The van der Waals surface area contributed by atoms with Crippen molar-refractivity contribution in [1.29, 1.82) is 0 Å². The van der Waals surface area contributed by atoms with E-state index in [1.54, 1.807) is 4.90 Å². The van der Waals surface area contributed by atoms with Gasteiger partial charge < -0.3 is 20.8 Å². The lowest BCUT2D eigenvalue weighted by molar-refractivity contribution is -0.125. The molecule has 0 bridgehead atoms. The molecular formula is C24H23FN6O3. The van der Waals surface area contributed by atoms with Gasteiger partial charge in [-0.05, 0) is 37.3 Å². The molecule has 10 heteroatoms. The number of hydrogen-bond donors (Lipinski definition) is 2. The van der Waals surface area contributed by atoms with Gasteiger partial charge in [-0.15, -0.1) is 0 Å². The molecule has 5 rings (SSSR count). The number of nitrogens with two attached hydrogens (primary N) is 2. The highest BCUT2D eigenvalue weighted by Gasteiger charge is 2.31. The van der Waals surface area contributed by atoms with E-state index in [2.05, 4.69) is 28.5 Å². The minimum Gasteiger partial charge on any atom is -0.440 e. The molecule has 2 aliphatic rings. The maximum atomic E-state index is 14.7. The van der Waals surface area contributed by atoms with E-state index in [9.17, 15) is 14.0 Å². The topological polar surface area (TPSA) is 133 Å².